The molecule has 100 valence electrons. The van der Waals surface area contributed by atoms with Gasteiger partial charge in [0.05, 0.1) is 5.71 Å². The summed E-state index contributed by atoms with van der Waals surface area (Å²) >= 11 is 1.80. The fourth-order valence-corrected chi connectivity index (χ4v) is 3.42. The van der Waals surface area contributed by atoms with Gasteiger partial charge < -0.3 is 4.84 Å². The van der Waals surface area contributed by atoms with E-state index in [4.69, 9.17) is 4.84 Å². The van der Waals surface area contributed by atoms with Crippen LogP contribution in [-0.4, -0.2) is 12.8 Å². The fourth-order valence-electron chi connectivity index (χ4n) is 2.31. The van der Waals surface area contributed by atoms with Crippen molar-refractivity contribution in [3.8, 4) is 10.4 Å². The summed E-state index contributed by atoms with van der Waals surface area (Å²) in [4.78, 5) is 6.16. The van der Waals surface area contributed by atoms with E-state index in [9.17, 15) is 0 Å². The number of fused-ring (bicyclic) bond motifs is 1. The Labute approximate surface area is 122 Å². The highest BCUT2D eigenvalue weighted by atomic mass is 32.1. The van der Waals surface area contributed by atoms with Gasteiger partial charge in [0, 0.05) is 20.7 Å². The molecular formula is C17H15NOS. The third-order valence-electron chi connectivity index (χ3n) is 3.24. The number of rotatable bonds is 3. The van der Waals surface area contributed by atoms with Crippen molar-refractivity contribution < 1.29 is 4.84 Å². The third-order valence-corrected chi connectivity index (χ3v) is 4.39. The van der Waals surface area contributed by atoms with Crippen molar-refractivity contribution >= 4 is 27.1 Å². The highest BCUT2D eigenvalue weighted by molar-refractivity contribution is 7.22. The van der Waals surface area contributed by atoms with Crippen molar-refractivity contribution in [2.45, 2.75) is 6.92 Å². The first kappa shape index (κ1) is 12.9. The molecule has 1 heterocycles. The summed E-state index contributed by atoms with van der Waals surface area (Å²) in [6, 6.07) is 19.0. The molecule has 20 heavy (non-hydrogen) atoms. The number of hydrogen-bond donors (Lipinski definition) is 0. The largest absolute Gasteiger partial charge is 0.399 e. The molecule has 0 unspecified atom stereocenters. The Morgan fingerprint density at radius 3 is 2.60 bits per heavy atom. The van der Waals surface area contributed by atoms with Crippen LogP contribution in [0, 0.1) is 0 Å². The minimum atomic E-state index is 0.889. The molecule has 2 nitrogen and oxygen atoms in total. The van der Waals surface area contributed by atoms with Gasteiger partial charge in [0.25, 0.3) is 0 Å². The molecule has 3 aromatic rings. The van der Waals surface area contributed by atoms with Crippen LogP contribution in [0.25, 0.3) is 20.5 Å². The Morgan fingerprint density at radius 1 is 1.05 bits per heavy atom. The molecule has 0 atom stereocenters. The van der Waals surface area contributed by atoms with Crippen LogP contribution in [0.15, 0.2) is 59.8 Å². The Morgan fingerprint density at radius 2 is 1.80 bits per heavy atom. The van der Waals surface area contributed by atoms with Crippen molar-refractivity contribution in [3.63, 3.8) is 0 Å². The number of hydrogen-bond acceptors (Lipinski definition) is 3. The van der Waals surface area contributed by atoms with Gasteiger partial charge >= 0.3 is 0 Å². The van der Waals surface area contributed by atoms with Crippen LogP contribution in [0.4, 0.5) is 0 Å². The number of benzene rings is 2. The van der Waals surface area contributed by atoms with Crippen LogP contribution < -0.4 is 0 Å². The van der Waals surface area contributed by atoms with Gasteiger partial charge in [0.15, 0.2) is 0 Å². The summed E-state index contributed by atoms with van der Waals surface area (Å²) in [6.07, 6.45) is 0. The van der Waals surface area contributed by atoms with Crippen LogP contribution in [0.3, 0.4) is 0 Å². The predicted octanol–water partition coefficient (Wildman–Crippen LogP) is 4.94. The smallest absolute Gasteiger partial charge is 0.106 e. The van der Waals surface area contributed by atoms with Crippen LogP contribution in [0.1, 0.15) is 12.5 Å². The first-order valence-electron chi connectivity index (χ1n) is 6.45. The topological polar surface area (TPSA) is 21.6 Å². The average Bonchev–Trinajstić information content (AvgIpc) is 2.91. The number of oxime groups is 1. The van der Waals surface area contributed by atoms with Gasteiger partial charge in [-0.15, -0.1) is 11.3 Å². The molecule has 0 aliphatic heterocycles. The molecule has 0 spiro atoms. The summed E-state index contributed by atoms with van der Waals surface area (Å²) in [5.41, 5.74) is 3.20. The van der Waals surface area contributed by atoms with E-state index in [1.165, 1.54) is 20.5 Å². The minimum absolute atomic E-state index is 0.889. The maximum absolute atomic E-state index is 4.90. The lowest BCUT2D eigenvalue weighted by Gasteiger charge is -2.06. The summed E-state index contributed by atoms with van der Waals surface area (Å²) in [5, 5.41) is 5.34. The van der Waals surface area contributed by atoms with Crippen molar-refractivity contribution in [1.29, 1.82) is 0 Å². The van der Waals surface area contributed by atoms with Gasteiger partial charge in [-0.2, -0.15) is 0 Å². The van der Waals surface area contributed by atoms with Crippen LogP contribution >= 0.6 is 11.3 Å². The van der Waals surface area contributed by atoms with Gasteiger partial charge in [-0.05, 0) is 24.4 Å². The molecule has 1 aromatic heterocycles. The molecule has 3 rings (SSSR count). The molecular weight excluding hydrogens is 266 g/mol. The van der Waals surface area contributed by atoms with E-state index in [0.717, 1.165) is 11.3 Å². The molecule has 0 aliphatic carbocycles. The van der Waals surface area contributed by atoms with E-state index in [0.29, 0.717) is 0 Å². The second-order valence-corrected chi connectivity index (χ2v) is 5.64. The predicted molar refractivity (Wildman–Crippen MR) is 86.5 cm³/mol. The zero-order chi connectivity index (χ0) is 13.9. The molecule has 0 saturated carbocycles. The van der Waals surface area contributed by atoms with Gasteiger partial charge in [0.1, 0.15) is 7.11 Å². The second-order valence-electron chi connectivity index (χ2n) is 4.55. The first-order chi connectivity index (χ1) is 9.79. The summed E-state index contributed by atoms with van der Waals surface area (Å²) in [5.74, 6) is 0. The van der Waals surface area contributed by atoms with Gasteiger partial charge in [-0.1, -0.05) is 47.6 Å². The van der Waals surface area contributed by atoms with Crippen molar-refractivity contribution in [3.05, 3.63) is 60.2 Å². The van der Waals surface area contributed by atoms with Crippen LogP contribution in [0.2, 0.25) is 0 Å². The van der Waals surface area contributed by atoms with Crippen LogP contribution in [0.5, 0.6) is 0 Å². The normalized spacial score (nSPS) is 11.8. The van der Waals surface area contributed by atoms with E-state index in [1.54, 1.807) is 18.4 Å². The minimum Gasteiger partial charge on any atom is -0.399 e. The summed E-state index contributed by atoms with van der Waals surface area (Å²) in [6.45, 7) is 1.97. The molecule has 0 saturated heterocycles. The van der Waals surface area contributed by atoms with Gasteiger partial charge in [0.2, 0.25) is 0 Å². The van der Waals surface area contributed by atoms with E-state index in [1.807, 2.05) is 13.0 Å². The standard InChI is InChI=1S/C17H15NOS/c1-12(18-19-2)14-8-4-5-9-15(14)17-11-13-7-3-6-10-16(13)20-17/h3-11H,1-2H3/b18-12+. The molecule has 0 amide bonds. The van der Waals surface area contributed by atoms with E-state index in [-0.39, 0.29) is 0 Å². The molecule has 0 N–H and O–H groups in total. The molecule has 0 aliphatic rings. The highest BCUT2D eigenvalue weighted by Gasteiger charge is 2.10. The van der Waals surface area contributed by atoms with Gasteiger partial charge in [-0.3, -0.25) is 0 Å². The Kier molecular flexibility index (Phi) is 3.52. The quantitative estimate of drug-likeness (QED) is 0.492. The number of nitrogens with zero attached hydrogens (tertiary/aromatic N) is 1. The Hall–Kier alpha value is -2.13. The zero-order valence-corrected chi connectivity index (χ0v) is 12.3. The third kappa shape index (κ3) is 2.32. The van der Waals surface area contributed by atoms with E-state index >= 15 is 0 Å². The van der Waals surface area contributed by atoms with Crippen molar-refractivity contribution in [1.82, 2.24) is 0 Å². The van der Waals surface area contributed by atoms with Crippen molar-refractivity contribution in [2.75, 3.05) is 7.11 Å². The molecule has 0 bridgehead atoms. The lowest BCUT2D eigenvalue weighted by atomic mass is 10.0. The fraction of sp³-hybridized carbons (Fsp3) is 0.118. The summed E-state index contributed by atoms with van der Waals surface area (Å²) in [7, 11) is 1.57. The average molecular weight is 281 g/mol. The van der Waals surface area contributed by atoms with E-state index < -0.39 is 0 Å². The lowest BCUT2D eigenvalue weighted by Crippen LogP contribution is -1.97. The number of thiophene rings is 1. The second kappa shape index (κ2) is 5.47. The first-order valence-corrected chi connectivity index (χ1v) is 7.27. The maximum atomic E-state index is 4.90. The molecule has 0 fully saturated rings. The van der Waals surface area contributed by atoms with Gasteiger partial charge in [-0.25, -0.2) is 0 Å². The monoisotopic (exact) mass is 281 g/mol. The summed E-state index contributed by atoms with van der Waals surface area (Å²) < 4.78 is 1.30. The maximum Gasteiger partial charge on any atom is 0.106 e. The molecule has 0 radical (unpaired) electrons. The zero-order valence-electron chi connectivity index (χ0n) is 11.5. The Balaban J connectivity index is 2.16. The van der Waals surface area contributed by atoms with Crippen LogP contribution in [-0.2, 0) is 4.84 Å². The lowest BCUT2D eigenvalue weighted by molar-refractivity contribution is 0.213. The SMILES string of the molecule is CO/N=C(\C)c1ccccc1-c1cc2ccccc2s1. The van der Waals surface area contributed by atoms with Crippen molar-refractivity contribution in [2.24, 2.45) is 5.16 Å². The van der Waals surface area contributed by atoms with E-state index in [2.05, 4.69) is 53.7 Å². The Bertz CT molecular complexity index is 740. The molecule has 2 aromatic carbocycles. The highest BCUT2D eigenvalue weighted by Crippen LogP contribution is 2.35. The molecule has 3 heteroatoms.